The van der Waals surface area contributed by atoms with E-state index in [9.17, 15) is 0 Å². The first-order valence-corrected chi connectivity index (χ1v) is 7.25. The van der Waals surface area contributed by atoms with Gasteiger partial charge < -0.3 is 9.80 Å². The molecule has 0 aromatic carbocycles. The summed E-state index contributed by atoms with van der Waals surface area (Å²) in [6.07, 6.45) is 0. The molecule has 20 heavy (non-hydrogen) atoms. The molecule has 1 fully saturated rings. The van der Waals surface area contributed by atoms with Crippen LogP contribution in [0.4, 0.5) is 5.82 Å². The van der Waals surface area contributed by atoms with E-state index in [-0.39, 0.29) is 0 Å². The van der Waals surface area contributed by atoms with Gasteiger partial charge >= 0.3 is 0 Å². The Morgan fingerprint density at radius 1 is 1.05 bits per heavy atom. The van der Waals surface area contributed by atoms with E-state index >= 15 is 0 Å². The normalized spacial score (nSPS) is 17.1. The van der Waals surface area contributed by atoms with Gasteiger partial charge in [-0.25, -0.2) is 9.97 Å². The summed E-state index contributed by atoms with van der Waals surface area (Å²) in [5, 5.41) is 4.60. The Kier molecular flexibility index (Phi) is 3.33. The van der Waals surface area contributed by atoms with E-state index in [1.54, 1.807) is 0 Å². The number of anilines is 1. The van der Waals surface area contributed by atoms with Gasteiger partial charge in [-0.05, 0) is 27.8 Å². The minimum atomic E-state index is 0.824. The molecule has 6 heteroatoms. The molecule has 1 saturated heterocycles. The molecular formula is C14H22N6. The summed E-state index contributed by atoms with van der Waals surface area (Å²) in [6.45, 7) is 11.1. The van der Waals surface area contributed by atoms with Gasteiger partial charge in [0.2, 0.25) is 0 Å². The molecule has 3 rings (SSSR count). The Hall–Kier alpha value is -1.69. The Labute approximate surface area is 119 Å². The lowest BCUT2D eigenvalue weighted by Crippen LogP contribution is -2.45. The summed E-state index contributed by atoms with van der Waals surface area (Å²) in [4.78, 5) is 14.0. The van der Waals surface area contributed by atoms with Crippen molar-refractivity contribution >= 4 is 16.9 Å². The average Bonchev–Trinajstić information content (AvgIpc) is 2.76. The molecule has 1 aliphatic rings. The molecule has 0 amide bonds. The van der Waals surface area contributed by atoms with Gasteiger partial charge in [0, 0.05) is 32.7 Å². The summed E-state index contributed by atoms with van der Waals surface area (Å²) in [7, 11) is 2.17. The standard InChI is InChI=1S/C14H22N6/c1-5-20-13-12(10(2)17-20)15-11(3)16-14(13)19-8-6-18(4)7-9-19/h5-9H2,1-4H3. The van der Waals surface area contributed by atoms with Crippen LogP contribution in [0.25, 0.3) is 11.0 Å². The highest BCUT2D eigenvalue weighted by molar-refractivity contribution is 5.88. The molecule has 2 aromatic rings. The van der Waals surface area contributed by atoms with Crippen LogP contribution in [0.3, 0.4) is 0 Å². The highest BCUT2D eigenvalue weighted by atomic mass is 15.3. The summed E-state index contributed by atoms with van der Waals surface area (Å²) in [6, 6.07) is 0. The van der Waals surface area contributed by atoms with E-state index in [1.165, 1.54) is 0 Å². The molecule has 0 N–H and O–H groups in total. The van der Waals surface area contributed by atoms with Crippen molar-refractivity contribution in [3.8, 4) is 0 Å². The highest BCUT2D eigenvalue weighted by Crippen LogP contribution is 2.26. The minimum Gasteiger partial charge on any atom is -0.352 e. The number of piperazine rings is 1. The smallest absolute Gasteiger partial charge is 0.158 e. The molecule has 3 heterocycles. The Morgan fingerprint density at radius 2 is 1.75 bits per heavy atom. The third-order valence-electron chi connectivity index (χ3n) is 3.95. The molecule has 1 aliphatic heterocycles. The Morgan fingerprint density at radius 3 is 2.40 bits per heavy atom. The minimum absolute atomic E-state index is 0.824. The second-order valence-corrected chi connectivity index (χ2v) is 5.48. The van der Waals surface area contributed by atoms with Crippen molar-refractivity contribution in [1.29, 1.82) is 0 Å². The Bertz CT molecular complexity index is 624. The van der Waals surface area contributed by atoms with Crippen LogP contribution in [0.5, 0.6) is 0 Å². The van der Waals surface area contributed by atoms with Crippen molar-refractivity contribution in [1.82, 2.24) is 24.6 Å². The number of fused-ring (bicyclic) bond motifs is 1. The second-order valence-electron chi connectivity index (χ2n) is 5.48. The third-order valence-corrected chi connectivity index (χ3v) is 3.95. The van der Waals surface area contributed by atoms with Crippen LogP contribution >= 0.6 is 0 Å². The first-order chi connectivity index (χ1) is 9.60. The van der Waals surface area contributed by atoms with Crippen LogP contribution in [-0.4, -0.2) is 57.9 Å². The first-order valence-electron chi connectivity index (χ1n) is 7.25. The number of hydrogen-bond acceptors (Lipinski definition) is 5. The van der Waals surface area contributed by atoms with Gasteiger partial charge in [0.05, 0.1) is 5.69 Å². The number of aromatic nitrogens is 4. The quantitative estimate of drug-likeness (QED) is 0.824. The van der Waals surface area contributed by atoms with E-state index in [1.807, 2.05) is 18.5 Å². The van der Waals surface area contributed by atoms with Gasteiger partial charge in [-0.1, -0.05) is 0 Å². The van der Waals surface area contributed by atoms with Gasteiger partial charge in [-0.15, -0.1) is 0 Å². The molecule has 0 saturated carbocycles. The maximum Gasteiger partial charge on any atom is 0.158 e. The summed E-state index contributed by atoms with van der Waals surface area (Å²) in [5.74, 6) is 1.87. The lowest BCUT2D eigenvalue weighted by molar-refractivity contribution is 0.312. The van der Waals surface area contributed by atoms with Gasteiger partial charge in [-0.3, -0.25) is 4.68 Å². The lowest BCUT2D eigenvalue weighted by atomic mass is 10.3. The SMILES string of the molecule is CCn1nc(C)c2nc(C)nc(N3CCN(C)CC3)c21. The van der Waals surface area contributed by atoms with E-state index in [4.69, 9.17) is 4.98 Å². The van der Waals surface area contributed by atoms with Crippen molar-refractivity contribution in [2.75, 3.05) is 38.1 Å². The van der Waals surface area contributed by atoms with Crippen molar-refractivity contribution in [3.05, 3.63) is 11.5 Å². The van der Waals surface area contributed by atoms with E-state index in [2.05, 4.69) is 33.9 Å². The summed E-state index contributed by atoms with van der Waals surface area (Å²) < 4.78 is 2.03. The monoisotopic (exact) mass is 274 g/mol. The predicted octanol–water partition coefficient (Wildman–Crippen LogP) is 1.21. The molecule has 0 bridgehead atoms. The van der Waals surface area contributed by atoms with Gasteiger partial charge in [-0.2, -0.15) is 5.10 Å². The van der Waals surface area contributed by atoms with Gasteiger partial charge in [0.15, 0.2) is 5.82 Å². The maximum atomic E-state index is 4.71. The lowest BCUT2D eigenvalue weighted by Gasteiger charge is -2.33. The maximum absolute atomic E-state index is 4.71. The summed E-state index contributed by atoms with van der Waals surface area (Å²) in [5.41, 5.74) is 3.07. The molecule has 108 valence electrons. The van der Waals surface area contributed by atoms with E-state index in [0.29, 0.717) is 0 Å². The average molecular weight is 274 g/mol. The van der Waals surface area contributed by atoms with Crippen molar-refractivity contribution in [2.24, 2.45) is 0 Å². The van der Waals surface area contributed by atoms with Crippen LogP contribution in [0.15, 0.2) is 0 Å². The molecule has 0 spiro atoms. The largest absolute Gasteiger partial charge is 0.352 e. The number of likely N-dealkylation sites (N-methyl/N-ethyl adjacent to an activating group) is 1. The number of aryl methyl sites for hydroxylation is 3. The molecule has 0 radical (unpaired) electrons. The predicted molar refractivity (Wildman–Crippen MR) is 80.2 cm³/mol. The zero-order valence-corrected chi connectivity index (χ0v) is 12.7. The highest BCUT2D eigenvalue weighted by Gasteiger charge is 2.22. The molecule has 0 unspecified atom stereocenters. The number of hydrogen-bond donors (Lipinski definition) is 0. The Balaban J connectivity index is 2.13. The molecular weight excluding hydrogens is 252 g/mol. The fraction of sp³-hybridized carbons (Fsp3) is 0.643. The van der Waals surface area contributed by atoms with Gasteiger partial charge in [0.1, 0.15) is 16.9 Å². The zero-order chi connectivity index (χ0) is 14.3. The molecule has 0 atom stereocenters. The van der Waals surface area contributed by atoms with Crippen LogP contribution in [0.1, 0.15) is 18.4 Å². The number of rotatable bonds is 2. The fourth-order valence-electron chi connectivity index (χ4n) is 2.79. The van der Waals surface area contributed by atoms with E-state index in [0.717, 1.165) is 61.1 Å². The third kappa shape index (κ3) is 2.14. The van der Waals surface area contributed by atoms with E-state index < -0.39 is 0 Å². The van der Waals surface area contributed by atoms with Crippen molar-refractivity contribution in [3.63, 3.8) is 0 Å². The second kappa shape index (κ2) is 5.01. The van der Waals surface area contributed by atoms with Crippen molar-refractivity contribution in [2.45, 2.75) is 27.3 Å². The fourth-order valence-corrected chi connectivity index (χ4v) is 2.79. The van der Waals surface area contributed by atoms with Gasteiger partial charge in [0.25, 0.3) is 0 Å². The molecule has 6 nitrogen and oxygen atoms in total. The van der Waals surface area contributed by atoms with Crippen LogP contribution < -0.4 is 4.90 Å². The van der Waals surface area contributed by atoms with Crippen LogP contribution in [0.2, 0.25) is 0 Å². The van der Waals surface area contributed by atoms with Crippen LogP contribution in [-0.2, 0) is 6.54 Å². The first kappa shape index (κ1) is 13.3. The number of nitrogens with zero attached hydrogens (tertiary/aromatic N) is 6. The topological polar surface area (TPSA) is 50.1 Å². The zero-order valence-electron chi connectivity index (χ0n) is 12.7. The molecule has 2 aromatic heterocycles. The summed E-state index contributed by atoms with van der Waals surface area (Å²) >= 11 is 0. The van der Waals surface area contributed by atoms with Crippen molar-refractivity contribution < 1.29 is 0 Å². The molecule has 0 aliphatic carbocycles. The van der Waals surface area contributed by atoms with Crippen LogP contribution in [0, 0.1) is 13.8 Å².